The molecule has 0 aromatic heterocycles. The molecule has 4 nitrogen and oxygen atoms in total. The third-order valence-corrected chi connectivity index (χ3v) is 7.39. The van der Waals surface area contributed by atoms with Crippen molar-refractivity contribution in [1.29, 1.82) is 0 Å². The summed E-state index contributed by atoms with van der Waals surface area (Å²) in [5.41, 5.74) is 1.14. The van der Waals surface area contributed by atoms with Crippen LogP contribution in [0.1, 0.15) is 39.2 Å². The predicted octanol–water partition coefficient (Wildman–Crippen LogP) is 6.53. The lowest BCUT2D eigenvalue weighted by Crippen LogP contribution is -2.35. The number of carbonyl (C=O) groups excluding carboxylic acids is 1. The first-order valence-electron chi connectivity index (χ1n) is 11.1. The molecule has 0 radical (unpaired) electrons. The Hall–Kier alpha value is -1.18. The van der Waals surface area contributed by atoms with Gasteiger partial charge < -0.3 is 9.64 Å². The first-order chi connectivity index (χ1) is 15.4. The van der Waals surface area contributed by atoms with Crippen LogP contribution < -0.4 is 4.72 Å². The number of benzene rings is 2. The molecule has 2 rings (SSSR count). The Kier molecular flexibility index (Phi) is 12.6. The minimum atomic E-state index is 0.132. The fourth-order valence-corrected chi connectivity index (χ4v) is 5.13. The summed E-state index contributed by atoms with van der Waals surface area (Å²) in [6.07, 6.45) is 2.06. The third-order valence-electron chi connectivity index (χ3n) is 4.93. The fourth-order valence-electron chi connectivity index (χ4n) is 3.13. The van der Waals surface area contributed by atoms with Crippen molar-refractivity contribution in [2.24, 2.45) is 5.92 Å². The Morgan fingerprint density at radius 2 is 1.88 bits per heavy atom. The van der Waals surface area contributed by atoms with Crippen LogP contribution in [-0.4, -0.2) is 42.9 Å². The fraction of sp³-hybridized carbons (Fsp3) is 0.480. The van der Waals surface area contributed by atoms with Crippen molar-refractivity contribution in [1.82, 2.24) is 9.62 Å². The van der Waals surface area contributed by atoms with Crippen molar-refractivity contribution in [3.8, 4) is 0 Å². The molecule has 0 heterocycles. The molecule has 176 valence electrons. The van der Waals surface area contributed by atoms with Crippen molar-refractivity contribution < 1.29 is 9.53 Å². The van der Waals surface area contributed by atoms with Gasteiger partial charge in [-0.05, 0) is 60.5 Å². The lowest BCUT2D eigenvalue weighted by atomic mass is 10.1. The van der Waals surface area contributed by atoms with Crippen LogP contribution in [-0.2, 0) is 16.1 Å². The highest BCUT2D eigenvalue weighted by Gasteiger charge is 2.16. The lowest BCUT2D eigenvalue weighted by molar-refractivity contribution is -0.129. The Morgan fingerprint density at radius 1 is 1.16 bits per heavy atom. The Bertz CT molecular complexity index is 818. The molecule has 1 atom stereocenters. The van der Waals surface area contributed by atoms with Gasteiger partial charge in [0.05, 0.1) is 10.8 Å². The zero-order valence-corrected chi connectivity index (χ0v) is 21.9. The Balaban J connectivity index is 1.93. The molecule has 0 fully saturated rings. The van der Waals surface area contributed by atoms with Crippen LogP contribution in [0, 0.1) is 5.92 Å². The van der Waals surface area contributed by atoms with Crippen LogP contribution >= 0.6 is 35.3 Å². The van der Waals surface area contributed by atoms with Crippen molar-refractivity contribution in [3.63, 3.8) is 0 Å². The largest absolute Gasteiger partial charge is 0.385 e. The van der Waals surface area contributed by atoms with Gasteiger partial charge in [0.15, 0.2) is 0 Å². The van der Waals surface area contributed by atoms with E-state index in [1.165, 1.54) is 16.7 Å². The molecule has 2 aromatic carbocycles. The first-order valence-corrected chi connectivity index (χ1v) is 13.3. The van der Waals surface area contributed by atoms with Gasteiger partial charge in [-0.25, -0.2) is 0 Å². The first kappa shape index (κ1) is 27.1. The minimum absolute atomic E-state index is 0.132. The minimum Gasteiger partial charge on any atom is -0.385 e. The molecule has 0 aliphatic rings. The third kappa shape index (κ3) is 9.75. The zero-order chi connectivity index (χ0) is 23.3. The highest BCUT2D eigenvalue weighted by molar-refractivity contribution is 8.00. The summed E-state index contributed by atoms with van der Waals surface area (Å²) in [6, 6.07) is 16.5. The highest BCUT2D eigenvalue weighted by atomic mass is 35.5. The smallest absolute Gasteiger partial charge is 0.233 e. The quantitative estimate of drug-likeness (QED) is 0.239. The van der Waals surface area contributed by atoms with Crippen LogP contribution in [0.15, 0.2) is 58.3 Å². The van der Waals surface area contributed by atoms with Gasteiger partial charge in [0.25, 0.3) is 0 Å². The topological polar surface area (TPSA) is 41.6 Å². The van der Waals surface area contributed by atoms with E-state index in [9.17, 15) is 4.79 Å². The molecule has 2 aromatic rings. The Labute approximate surface area is 207 Å². The van der Waals surface area contributed by atoms with Crippen molar-refractivity contribution in [2.45, 2.75) is 56.0 Å². The maximum absolute atomic E-state index is 13.0. The summed E-state index contributed by atoms with van der Waals surface area (Å²) < 4.78 is 8.70. The van der Waals surface area contributed by atoms with E-state index < -0.39 is 0 Å². The van der Waals surface area contributed by atoms with Crippen molar-refractivity contribution in [3.05, 3.63) is 59.1 Å². The summed E-state index contributed by atoms with van der Waals surface area (Å²) in [5, 5.41) is 0.690. The van der Waals surface area contributed by atoms with E-state index in [0.29, 0.717) is 29.3 Å². The molecular formula is C25H35ClN2O2S2. The molecular weight excluding hydrogens is 460 g/mol. The van der Waals surface area contributed by atoms with Gasteiger partial charge in [0.1, 0.15) is 0 Å². The van der Waals surface area contributed by atoms with Gasteiger partial charge >= 0.3 is 0 Å². The molecule has 0 bridgehead atoms. The van der Waals surface area contributed by atoms with Crippen molar-refractivity contribution in [2.75, 3.05) is 26.0 Å². The molecule has 0 spiro atoms. The van der Waals surface area contributed by atoms with E-state index in [1.54, 1.807) is 19.1 Å². The summed E-state index contributed by atoms with van der Waals surface area (Å²) in [7, 11) is 1.74. The monoisotopic (exact) mass is 494 g/mol. The average Bonchev–Trinajstić information content (AvgIpc) is 2.78. The zero-order valence-electron chi connectivity index (χ0n) is 19.5. The maximum atomic E-state index is 13.0. The predicted molar refractivity (Wildman–Crippen MR) is 138 cm³/mol. The second kappa shape index (κ2) is 14.9. The second-order valence-corrected chi connectivity index (χ2v) is 10.5. The van der Waals surface area contributed by atoms with E-state index >= 15 is 0 Å². The normalized spacial score (nSPS) is 12.2. The van der Waals surface area contributed by atoms with Crippen LogP contribution in [0.5, 0.6) is 0 Å². The number of nitrogens with zero attached hydrogens (tertiary/aromatic N) is 1. The standard InChI is InChI=1S/C25H35ClN2O2S2/c1-5-21(14-15-30-4)27-32-22-12-10-20(11-13-22)17-28(16-19(2)3)25(29)18-31-24-9-7-6-8-23(24)26/h6-13,19,21,27H,5,14-18H2,1-4H3. The summed E-state index contributed by atoms with van der Waals surface area (Å²) in [6.45, 7) is 8.57. The molecule has 1 unspecified atom stereocenters. The molecule has 7 heteroatoms. The summed E-state index contributed by atoms with van der Waals surface area (Å²) >= 11 is 9.39. The van der Waals surface area contributed by atoms with Crippen LogP contribution in [0.25, 0.3) is 0 Å². The molecule has 0 aliphatic heterocycles. The van der Waals surface area contributed by atoms with Gasteiger partial charge in [0, 0.05) is 42.6 Å². The lowest BCUT2D eigenvalue weighted by Gasteiger charge is -2.25. The van der Waals surface area contributed by atoms with E-state index in [-0.39, 0.29) is 5.91 Å². The van der Waals surface area contributed by atoms with Gasteiger partial charge in [-0.2, -0.15) is 0 Å². The molecule has 1 amide bonds. The number of hydrogen-bond donors (Lipinski definition) is 1. The number of carbonyl (C=O) groups is 1. The summed E-state index contributed by atoms with van der Waals surface area (Å²) in [5.74, 6) is 0.919. The number of methoxy groups -OCH3 is 1. The number of thioether (sulfide) groups is 1. The molecule has 0 aliphatic carbocycles. The maximum Gasteiger partial charge on any atom is 0.233 e. The number of nitrogens with one attached hydrogen (secondary N) is 1. The SMILES string of the molecule is CCC(CCOC)NSc1ccc(CN(CC(C)C)C(=O)CSc2ccccc2Cl)cc1. The number of hydrogen-bond acceptors (Lipinski definition) is 5. The molecule has 0 saturated carbocycles. The number of amides is 1. The van der Waals surface area contributed by atoms with Crippen LogP contribution in [0.4, 0.5) is 0 Å². The van der Waals surface area contributed by atoms with E-state index in [0.717, 1.165) is 36.5 Å². The summed E-state index contributed by atoms with van der Waals surface area (Å²) in [4.78, 5) is 17.0. The molecule has 32 heavy (non-hydrogen) atoms. The van der Waals surface area contributed by atoms with Crippen molar-refractivity contribution >= 4 is 41.2 Å². The second-order valence-electron chi connectivity index (χ2n) is 8.14. The number of rotatable bonds is 14. The van der Waals surface area contributed by atoms with E-state index in [2.05, 4.69) is 49.8 Å². The van der Waals surface area contributed by atoms with E-state index in [1.807, 2.05) is 29.2 Å². The number of halogens is 1. The average molecular weight is 495 g/mol. The number of ether oxygens (including phenoxy) is 1. The van der Waals surface area contributed by atoms with E-state index in [4.69, 9.17) is 16.3 Å². The van der Waals surface area contributed by atoms with Gasteiger partial charge in [-0.15, -0.1) is 11.8 Å². The highest BCUT2D eigenvalue weighted by Crippen LogP contribution is 2.27. The molecule has 1 N–H and O–H groups in total. The van der Waals surface area contributed by atoms with Gasteiger partial charge in [-0.3, -0.25) is 9.52 Å². The van der Waals surface area contributed by atoms with Gasteiger partial charge in [-0.1, -0.05) is 56.6 Å². The molecule has 0 saturated heterocycles. The van der Waals surface area contributed by atoms with Crippen LogP contribution in [0.2, 0.25) is 5.02 Å². The van der Waals surface area contributed by atoms with Gasteiger partial charge in [0.2, 0.25) is 5.91 Å². The van der Waals surface area contributed by atoms with Crippen LogP contribution in [0.3, 0.4) is 0 Å². The Morgan fingerprint density at radius 3 is 2.50 bits per heavy atom.